The summed E-state index contributed by atoms with van der Waals surface area (Å²) in [5.41, 5.74) is 0.838. The number of hydrogen-bond donors (Lipinski definition) is 3. The molecule has 2 aromatic rings. The van der Waals surface area contributed by atoms with Crippen LogP contribution in [0.5, 0.6) is 5.75 Å². The average molecular weight is 517 g/mol. The van der Waals surface area contributed by atoms with Gasteiger partial charge in [0, 0.05) is 0 Å². The maximum atomic E-state index is 13.3. The average Bonchev–Trinajstić information content (AvgIpc) is 3.52. The summed E-state index contributed by atoms with van der Waals surface area (Å²) in [4.78, 5) is 25.9. The number of aliphatic hydroxyl groups is 1. The number of ketones is 1. The lowest BCUT2D eigenvalue weighted by Gasteiger charge is -2.30. The van der Waals surface area contributed by atoms with E-state index in [1.165, 1.54) is 31.4 Å². The molecule has 3 N–H and O–H groups in total. The van der Waals surface area contributed by atoms with Crippen molar-refractivity contribution < 1.29 is 27.9 Å². The summed E-state index contributed by atoms with van der Waals surface area (Å²) in [6.07, 6.45) is -0.832. The van der Waals surface area contributed by atoms with Crippen molar-refractivity contribution in [2.24, 2.45) is 17.8 Å². The molecule has 0 spiro atoms. The van der Waals surface area contributed by atoms with Crippen LogP contribution in [0.15, 0.2) is 59.5 Å². The van der Waals surface area contributed by atoms with E-state index in [4.69, 9.17) is 4.74 Å². The Morgan fingerprint density at radius 1 is 1.03 bits per heavy atom. The van der Waals surface area contributed by atoms with E-state index in [0.29, 0.717) is 5.75 Å². The van der Waals surface area contributed by atoms with Gasteiger partial charge in [0.05, 0.1) is 36.0 Å². The molecule has 36 heavy (non-hydrogen) atoms. The van der Waals surface area contributed by atoms with Crippen molar-refractivity contribution in [3.05, 3.63) is 60.2 Å². The Balaban J connectivity index is 1.76. The van der Waals surface area contributed by atoms with Gasteiger partial charge in [0.1, 0.15) is 17.6 Å². The first kappa shape index (κ1) is 27.8. The molecule has 1 aliphatic rings. The third-order valence-electron chi connectivity index (χ3n) is 6.50. The standard InChI is InChI=1S/C27H36N2O6S/c1-16(2)15-21(29-36(33,34)20-13-11-19(35-5)12-14-20)27(32)28-24(17(3)4)26(31)23-22(25(23)30)18-9-7-6-8-10-18/h6-14,16-17,21-24,26,29,31H,15H2,1-5H3,(H,28,32)/t21-,22?,23?,24-,26-/m0/s1. The second kappa shape index (κ2) is 11.5. The lowest BCUT2D eigenvalue weighted by atomic mass is 9.92. The molecule has 0 saturated heterocycles. The molecule has 196 valence electrons. The van der Waals surface area contributed by atoms with Gasteiger partial charge in [-0.25, -0.2) is 8.42 Å². The Kier molecular flexibility index (Phi) is 8.92. The topological polar surface area (TPSA) is 122 Å². The van der Waals surface area contributed by atoms with Crippen molar-refractivity contribution in [1.29, 1.82) is 0 Å². The van der Waals surface area contributed by atoms with Gasteiger partial charge in [0.25, 0.3) is 0 Å². The first-order valence-corrected chi connectivity index (χ1v) is 13.7. The number of Topliss-reactive ketones (excluding diaryl/α,β-unsaturated/α-hetero) is 1. The number of ether oxygens (including phenoxy) is 1. The molecule has 5 atom stereocenters. The van der Waals surface area contributed by atoms with E-state index in [1.54, 1.807) is 0 Å². The van der Waals surface area contributed by atoms with Crippen LogP contribution in [0.4, 0.5) is 0 Å². The summed E-state index contributed by atoms with van der Waals surface area (Å²) in [7, 11) is -2.50. The predicted molar refractivity (Wildman–Crippen MR) is 137 cm³/mol. The largest absolute Gasteiger partial charge is 0.497 e. The van der Waals surface area contributed by atoms with Crippen molar-refractivity contribution in [3.63, 3.8) is 0 Å². The van der Waals surface area contributed by atoms with E-state index in [9.17, 15) is 23.1 Å². The van der Waals surface area contributed by atoms with Gasteiger partial charge >= 0.3 is 0 Å². The Morgan fingerprint density at radius 3 is 2.17 bits per heavy atom. The highest BCUT2D eigenvalue weighted by molar-refractivity contribution is 7.89. The van der Waals surface area contributed by atoms with Gasteiger partial charge in [0.2, 0.25) is 15.9 Å². The van der Waals surface area contributed by atoms with Gasteiger partial charge in [0.15, 0.2) is 0 Å². The summed E-state index contributed by atoms with van der Waals surface area (Å²) >= 11 is 0. The quantitative estimate of drug-likeness (QED) is 0.399. The van der Waals surface area contributed by atoms with Gasteiger partial charge in [-0.1, -0.05) is 58.0 Å². The number of amides is 1. The number of rotatable bonds is 12. The zero-order chi connectivity index (χ0) is 26.6. The fourth-order valence-corrected chi connectivity index (χ4v) is 5.69. The van der Waals surface area contributed by atoms with Crippen LogP contribution in [0, 0.1) is 17.8 Å². The van der Waals surface area contributed by atoms with Crippen LogP contribution < -0.4 is 14.8 Å². The first-order chi connectivity index (χ1) is 17.0. The van der Waals surface area contributed by atoms with Crippen molar-refractivity contribution >= 4 is 21.7 Å². The molecule has 1 saturated carbocycles. The van der Waals surface area contributed by atoms with Gasteiger partial charge in [-0.15, -0.1) is 0 Å². The van der Waals surface area contributed by atoms with Crippen LogP contribution >= 0.6 is 0 Å². The zero-order valence-electron chi connectivity index (χ0n) is 21.3. The van der Waals surface area contributed by atoms with E-state index in [0.717, 1.165) is 5.56 Å². The molecule has 0 radical (unpaired) electrons. The molecule has 2 unspecified atom stereocenters. The van der Waals surface area contributed by atoms with Crippen LogP contribution in [0.3, 0.4) is 0 Å². The number of benzene rings is 2. The highest BCUT2D eigenvalue weighted by atomic mass is 32.2. The monoisotopic (exact) mass is 516 g/mol. The normalized spacial score (nSPS) is 20.2. The molecule has 3 rings (SSSR count). The van der Waals surface area contributed by atoms with Crippen LogP contribution in [0.1, 0.15) is 45.6 Å². The van der Waals surface area contributed by atoms with Gasteiger partial charge < -0.3 is 15.2 Å². The van der Waals surface area contributed by atoms with Crippen molar-refractivity contribution in [2.75, 3.05) is 7.11 Å². The van der Waals surface area contributed by atoms with Gasteiger partial charge in [-0.3, -0.25) is 9.59 Å². The summed E-state index contributed by atoms with van der Waals surface area (Å²) < 4.78 is 33.6. The van der Waals surface area contributed by atoms with E-state index < -0.39 is 46.0 Å². The highest BCUT2D eigenvalue weighted by Gasteiger charge is 2.56. The van der Waals surface area contributed by atoms with Gasteiger partial charge in [-0.2, -0.15) is 4.72 Å². The minimum absolute atomic E-state index is 0.0135. The maximum absolute atomic E-state index is 13.3. The molecular formula is C27H36N2O6S. The number of methoxy groups -OCH3 is 1. The molecular weight excluding hydrogens is 480 g/mol. The predicted octanol–water partition coefficient (Wildman–Crippen LogP) is 2.87. The van der Waals surface area contributed by atoms with Gasteiger partial charge in [-0.05, 0) is 48.1 Å². The molecule has 1 amide bonds. The molecule has 0 aliphatic heterocycles. The van der Waals surface area contributed by atoms with Crippen LogP contribution in [0.25, 0.3) is 0 Å². The number of carbonyl (C=O) groups is 2. The molecule has 0 aromatic heterocycles. The fourth-order valence-electron chi connectivity index (χ4n) is 4.48. The summed E-state index contributed by atoms with van der Waals surface area (Å²) in [6.45, 7) is 7.48. The summed E-state index contributed by atoms with van der Waals surface area (Å²) in [5.74, 6) is -1.27. The Labute approximate surface area is 213 Å². The number of nitrogens with one attached hydrogen (secondary N) is 2. The molecule has 9 heteroatoms. The summed E-state index contributed by atoms with van der Waals surface area (Å²) in [6, 6.07) is 13.4. The molecule has 8 nitrogen and oxygen atoms in total. The molecule has 2 aromatic carbocycles. The number of hydrogen-bond acceptors (Lipinski definition) is 6. The van der Waals surface area contributed by atoms with Crippen molar-refractivity contribution in [1.82, 2.24) is 10.0 Å². The molecule has 0 bridgehead atoms. The minimum atomic E-state index is -3.99. The Hall–Kier alpha value is -2.75. The lowest BCUT2D eigenvalue weighted by molar-refractivity contribution is -0.125. The smallest absolute Gasteiger partial charge is 0.241 e. The third kappa shape index (κ3) is 6.52. The van der Waals surface area contributed by atoms with E-state index in [-0.39, 0.29) is 28.9 Å². The third-order valence-corrected chi connectivity index (χ3v) is 7.99. The van der Waals surface area contributed by atoms with E-state index in [1.807, 2.05) is 58.0 Å². The number of aliphatic hydroxyl groups excluding tert-OH is 1. The van der Waals surface area contributed by atoms with Crippen LogP contribution in [0.2, 0.25) is 0 Å². The Morgan fingerprint density at radius 2 is 1.64 bits per heavy atom. The second-order valence-corrected chi connectivity index (χ2v) is 11.8. The van der Waals surface area contributed by atoms with Crippen molar-refractivity contribution in [2.45, 2.75) is 63.1 Å². The van der Waals surface area contributed by atoms with E-state index in [2.05, 4.69) is 10.0 Å². The van der Waals surface area contributed by atoms with Crippen LogP contribution in [-0.2, 0) is 19.6 Å². The second-order valence-electron chi connectivity index (χ2n) is 10.1. The molecule has 0 heterocycles. The molecule has 1 fully saturated rings. The van der Waals surface area contributed by atoms with Crippen molar-refractivity contribution in [3.8, 4) is 5.75 Å². The first-order valence-electron chi connectivity index (χ1n) is 12.2. The fraction of sp³-hybridized carbons (Fsp3) is 0.481. The molecule has 1 aliphatic carbocycles. The lowest BCUT2D eigenvalue weighted by Crippen LogP contribution is -2.55. The SMILES string of the molecule is COc1ccc(S(=O)(=O)N[C@@H](CC(C)C)C(=O)N[C@@H](C(C)C)[C@@H](O)C2C(=O)C2c2ccccc2)cc1. The summed E-state index contributed by atoms with van der Waals surface area (Å²) in [5, 5.41) is 13.9. The highest BCUT2D eigenvalue weighted by Crippen LogP contribution is 2.46. The van der Waals surface area contributed by atoms with Crippen LogP contribution in [-0.4, -0.2) is 50.5 Å². The van der Waals surface area contributed by atoms with E-state index >= 15 is 0 Å². The number of sulfonamides is 1. The minimum Gasteiger partial charge on any atom is -0.497 e. The zero-order valence-corrected chi connectivity index (χ0v) is 22.2. The number of carbonyl (C=O) groups excluding carboxylic acids is 2. The maximum Gasteiger partial charge on any atom is 0.241 e. The Bertz CT molecular complexity index is 1150.